The van der Waals surface area contributed by atoms with E-state index >= 15 is 0 Å². The highest BCUT2D eigenvalue weighted by Gasteiger charge is 2.28. The molecular weight excluding hydrogens is 202 g/mol. The van der Waals surface area contributed by atoms with Crippen LogP contribution in [0, 0.1) is 0 Å². The number of benzene rings is 1. The quantitative estimate of drug-likeness (QED) is 0.815. The molecule has 1 aliphatic carbocycles. The lowest BCUT2D eigenvalue weighted by atomic mass is 9.85. The fourth-order valence-corrected chi connectivity index (χ4v) is 2.47. The molecule has 3 heteroatoms. The Hall–Kier alpha value is -1.06. The number of nitrogens with one attached hydrogen (secondary N) is 1. The number of fused-ring (bicyclic) bond motifs is 1. The Morgan fingerprint density at radius 1 is 1.50 bits per heavy atom. The largest absolute Gasteiger partial charge is 0.496 e. The average molecular weight is 221 g/mol. The molecule has 0 radical (unpaired) electrons. The first kappa shape index (κ1) is 11.4. The maximum atomic E-state index is 10.3. The third-order valence-electron chi connectivity index (χ3n) is 3.26. The van der Waals surface area contributed by atoms with E-state index in [1.54, 1.807) is 7.11 Å². The van der Waals surface area contributed by atoms with Crippen LogP contribution in [0.4, 0.5) is 0 Å². The van der Waals surface area contributed by atoms with Crippen molar-refractivity contribution >= 4 is 0 Å². The average Bonchev–Trinajstić information content (AvgIpc) is 2.32. The summed E-state index contributed by atoms with van der Waals surface area (Å²) in [7, 11) is 1.68. The monoisotopic (exact) mass is 221 g/mol. The molecule has 1 aliphatic rings. The molecule has 0 aliphatic heterocycles. The number of hydrogen-bond acceptors (Lipinski definition) is 3. The molecule has 0 aromatic heterocycles. The van der Waals surface area contributed by atoms with Gasteiger partial charge in [-0.1, -0.05) is 19.1 Å². The van der Waals surface area contributed by atoms with Gasteiger partial charge in [-0.25, -0.2) is 0 Å². The summed E-state index contributed by atoms with van der Waals surface area (Å²) in [6.45, 7) is 2.95. The molecule has 0 saturated heterocycles. The first-order chi connectivity index (χ1) is 7.77. The normalized spacial score (nSPS) is 23.9. The van der Waals surface area contributed by atoms with Crippen LogP contribution in [0.25, 0.3) is 0 Å². The van der Waals surface area contributed by atoms with Gasteiger partial charge < -0.3 is 15.2 Å². The molecule has 1 aromatic rings. The van der Waals surface area contributed by atoms with Gasteiger partial charge in [0.2, 0.25) is 0 Å². The van der Waals surface area contributed by atoms with Gasteiger partial charge in [0, 0.05) is 11.6 Å². The van der Waals surface area contributed by atoms with Gasteiger partial charge in [-0.15, -0.1) is 0 Å². The maximum absolute atomic E-state index is 10.3. The van der Waals surface area contributed by atoms with Crippen molar-refractivity contribution < 1.29 is 9.84 Å². The zero-order valence-electron chi connectivity index (χ0n) is 9.86. The Morgan fingerprint density at radius 3 is 3.00 bits per heavy atom. The van der Waals surface area contributed by atoms with E-state index < -0.39 is 6.10 Å². The number of likely N-dealkylation sites (N-methyl/N-ethyl adjacent to an activating group) is 1. The third-order valence-corrected chi connectivity index (χ3v) is 3.26. The van der Waals surface area contributed by atoms with Crippen molar-refractivity contribution in [2.45, 2.75) is 31.9 Å². The molecule has 2 atom stereocenters. The van der Waals surface area contributed by atoms with Crippen molar-refractivity contribution in [3.05, 3.63) is 29.3 Å². The van der Waals surface area contributed by atoms with E-state index in [9.17, 15) is 5.11 Å². The van der Waals surface area contributed by atoms with Crippen molar-refractivity contribution in [1.29, 1.82) is 0 Å². The number of aliphatic hydroxyl groups excluding tert-OH is 1. The first-order valence-corrected chi connectivity index (χ1v) is 5.85. The van der Waals surface area contributed by atoms with Crippen molar-refractivity contribution in [1.82, 2.24) is 5.32 Å². The van der Waals surface area contributed by atoms with Crippen molar-refractivity contribution in [2.24, 2.45) is 0 Å². The summed E-state index contributed by atoms with van der Waals surface area (Å²) in [5.41, 5.74) is 2.17. The zero-order valence-corrected chi connectivity index (χ0v) is 9.86. The molecule has 1 aromatic carbocycles. The summed E-state index contributed by atoms with van der Waals surface area (Å²) >= 11 is 0. The van der Waals surface area contributed by atoms with Crippen LogP contribution in [0.15, 0.2) is 18.2 Å². The SMILES string of the molecule is CCN[C@@H]1CCc2c(OC)cccc2[C@H]1O. The zero-order chi connectivity index (χ0) is 11.5. The van der Waals surface area contributed by atoms with Crippen LogP contribution in [0.1, 0.15) is 30.6 Å². The Morgan fingerprint density at radius 2 is 2.31 bits per heavy atom. The van der Waals surface area contributed by atoms with E-state index in [4.69, 9.17) is 4.74 Å². The van der Waals surface area contributed by atoms with E-state index in [1.165, 1.54) is 0 Å². The number of rotatable bonds is 3. The first-order valence-electron chi connectivity index (χ1n) is 5.85. The van der Waals surface area contributed by atoms with Crippen LogP contribution in [-0.4, -0.2) is 24.8 Å². The summed E-state index contributed by atoms with van der Waals surface area (Å²) in [6.07, 6.45) is 1.51. The van der Waals surface area contributed by atoms with E-state index in [1.807, 2.05) is 18.2 Å². The number of hydrogen-bond donors (Lipinski definition) is 2. The predicted octanol–water partition coefficient (Wildman–Crippen LogP) is 1.65. The van der Waals surface area contributed by atoms with Gasteiger partial charge in [0.15, 0.2) is 0 Å². The lowest BCUT2D eigenvalue weighted by Crippen LogP contribution is -2.38. The fraction of sp³-hybridized carbons (Fsp3) is 0.538. The van der Waals surface area contributed by atoms with Crippen molar-refractivity contribution in [2.75, 3.05) is 13.7 Å². The molecule has 0 fully saturated rings. The van der Waals surface area contributed by atoms with Crippen molar-refractivity contribution in [3.8, 4) is 5.75 Å². The fourth-order valence-electron chi connectivity index (χ4n) is 2.47. The standard InChI is InChI=1S/C13H19NO2/c1-3-14-11-8-7-9-10(13(11)15)5-4-6-12(9)16-2/h4-6,11,13-15H,3,7-8H2,1-2H3/t11-,13-/m1/s1. The highest BCUT2D eigenvalue weighted by atomic mass is 16.5. The highest BCUT2D eigenvalue weighted by molar-refractivity contribution is 5.43. The minimum Gasteiger partial charge on any atom is -0.496 e. The van der Waals surface area contributed by atoms with Crippen LogP contribution in [-0.2, 0) is 6.42 Å². The molecule has 0 saturated carbocycles. The third kappa shape index (κ3) is 1.93. The van der Waals surface area contributed by atoms with Crippen LogP contribution < -0.4 is 10.1 Å². The van der Waals surface area contributed by atoms with Crippen molar-refractivity contribution in [3.63, 3.8) is 0 Å². The van der Waals surface area contributed by atoms with E-state index in [-0.39, 0.29) is 6.04 Å². The predicted molar refractivity (Wildman–Crippen MR) is 63.7 cm³/mol. The van der Waals surface area contributed by atoms with Crippen LogP contribution in [0.5, 0.6) is 5.75 Å². The molecule has 0 bridgehead atoms. The van der Waals surface area contributed by atoms with E-state index in [0.29, 0.717) is 0 Å². The number of ether oxygens (including phenoxy) is 1. The molecule has 88 valence electrons. The minimum atomic E-state index is -0.418. The van der Waals surface area contributed by atoms with Crippen LogP contribution >= 0.6 is 0 Å². The Labute approximate surface area is 96.4 Å². The topological polar surface area (TPSA) is 41.5 Å². The molecule has 2 N–H and O–H groups in total. The van der Waals surface area contributed by atoms with E-state index in [2.05, 4.69) is 12.2 Å². The molecular formula is C13H19NO2. The van der Waals surface area contributed by atoms with Gasteiger partial charge in [0.05, 0.1) is 13.2 Å². The maximum Gasteiger partial charge on any atom is 0.122 e. The summed E-state index contributed by atoms with van der Waals surface area (Å²) in [5, 5.41) is 13.6. The summed E-state index contributed by atoms with van der Waals surface area (Å²) in [4.78, 5) is 0. The second kappa shape index (κ2) is 4.85. The van der Waals surface area contributed by atoms with Gasteiger partial charge in [-0.2, -0.15) is 0 Å². The lowest BCUT2D eigenvalue weighted by Gasteiger charge is -2.31. The van der Waals surface area contributed by atoms with Crippen LogP contribution in [0.3, 0.4) is 0 Å². The molecule has 0 heterocycles. The number of methoxy groups -OCH3 is 1. The van der Waals surface area contributed by atoms with Gasteiger partial charge in [-0.3, -0.25) is 0 Å². The molecule has 0 spiro atoms. The molecule has 0 amide bonds. The molecule has 2 rings (SSSR count). The second-order valence-electron chi connectivity index (χ2n) is 4.18. The lowest BCUT2D eigenvalue weighted by molar-refractivity contribution is 0.115. The van der Waals surface area contributed by atoms with Gasteiger partial charge in [0.1, 0.15) is 5.75 Å². The van der Waals surface area contributed by atoms with Gasteiger partial charge >= 0.3 is 0 Å². The Balaban J connectivity index is 2.31. The highest BCUT2D eigenvalue weighted by Crippen LogP contribution is 2.35. The van der Waals surface area contributed by atoms with E-state index in [0.717, 1.165) is 36.3 Å². The van der Waals surface area contributed by atoms with Gasteiger partial charge in [-0.05, 0) is 31.0 Å². The Kier molecular flexibility index (Phi) is 3.46. The molecule has 0 unspecified atom stereocenters. The summed E-state index contributed by atoms with van der Waals surface area (Å²) < 4.78 is 5.32. The van der Waals surface area contributed by atoms with Crippen LogP contribution in [0.2, 0.25) is 0 Å². The molecule has 3 nitrogen and oxygen atoms in total. The molecule has 16 heavy (non-hydrogen) atoms. The van der Waals surface area contributed by atoms with Gasteiger partial charge in [0.25, 0.3) is 0 Å². The minimum absolute atomic E-state index is 0.171. The second-order valence-corrected chi connectivity index (χ2v) is 4.18. The summed E-state index contributed by atoms with van der Waals surface area (Å²) in [6, 6.07) is 6.06. The summed E-state index contributed by atoms with van der Waals surface area (Å²) in [5.74, 6) is 0.895. The number of aliphatic hydroxyl groups is 1. The smallest absolute Gasteiger partial charge is 0.122 e. The Bertz CT molecular complexity index is 365.